The summed E-state index contributed by atoms with van der Waals surface area (Å²) in [5.74, 6) is -0.107. The summed E-state index contributed by atoms with van der Waals surface area (Å²) in [6, 6.07) is 0.766. The maximum Gasteiger partial charge on any atom is 0.295 e. The van der Waals surface area contributed by atoms with Gasteiger partial charge in [0.2, 0.25) is 9.76 Å². The first-order chi connectivity index (χ1) is 8.20. The Hall–Kier alpha value is -0.136. The average Bonchev–Trinajstić information content (AvgIpc) is 2.26. The van der Waals surface area contributed by atoms with Gasteiger partial charge in [0.15, 0.2) is 0 Å². The number of hydrogen-bond donors (Lipinski definition) is 0. The Kier molecular flexibility index (Phi) is 8.06. The van der Waals surface area contributed by atoms with E-state index < -0.39 is 8.32 Å². The third kappa shape index (κ3) is 6.70. The molecule has 0 aromatic heterocycles. The summed E-state index contributed by atoms with van der Waals surface area (Å²) < 4.78 is 11.3. The second kappa shape index (κ2) is 8.12. The fourth-order valence-electron chi connectivity index (χ4n) is 1.38. The second-order valence-electron chi connectivity index (χ2n) is 5.75. The maximum atomic E-state index is 12.0. The van der Waals surface area contributed by atoms with Gasteiger partial charge in [-0.05, 0) is 38.5 Å². The third-order valence-electron chi connectivity index (χ3n) is 3.27. The molecule has 5 heteroatoms. The molecule has 18 heavy (non-hydrogen) atoms. The van der Waals surface area contributed by atoms with E-state index in [4.69, 9.17) is 8.85 Å². The molecule has 0 amide bonds. The molecule has 0 aromatic carbocycles. The van der Waals surface area contributed by atoms with Crippen LogP contribution in [-0.2, 0) is 13.6 Å². The molecule has 0 saturated heterocycles. The zero-order valence-corrected chi connectivity index (χ0v) is 14.9. The summed E-state index contributed by atoms with van der Waals surface area (Å²) in [5.41, 5.74) is 0.503. The third-order valence-corrected chi connectivity index (χ3v) is 8.20. The Bertz CT molecular complexity index is 255. The van der Waals surface area contributed by atoms with Crippen LogP contribution in [0.1, 0.15) is 41.0 Å². The smallest absolute Gasteiger partial charge is 0.295 e. The van der Waals surface area contributed by atoms with E-state index in [-0.39, 0.29) is 18.0 Å². The molecule has 0 fully saturated rings. The minimum atomic E-state index is -1.88. The molecule has 0 aliphatic carbocycles. The highest BCUT2D eigenvalue weighted by molar-refractivity contribution is 6.74. The Morgan fingerprint density at radius 3 is 2.22 bits per heavy atom. The van der Waals surface area contributed by atoms with Gasteiger partial charge < -0.3 is 8.85 Å². The molecular weight excluding hydrogens is 260 g/mol. The molecule has 3 nitrogen and oxygen atoms in total. The lowest BCUT2D eigenvalue weighted by molar-refractivity contribution is -0.138. The summed E-state index contributed by atoms with van der Waals surface area (Å²) in [5, 5.41) is 0. The zero-order chi connectivity index (χ0) is 14.3. The van der Waals surface area contributed by atoms with Crippen LogP contribution >= 0.6 is 0 Å². The van der Waals surface area contributed by atoms with Gasteiger partial charge in [0.1, 0.15) is 0 Å². The zero-order valence-electron chi connectivity index (χ0n) is 12.9. The fourth-order valence-corrected chi connectivity index (χ4v) is 4.13. The predicted octanol–water partition coefficient (Wildman–Crippen LogP) is 3.63. The van der Waals surface area contributed by atoms with Gasteiger partial charge in [0.25, 0.3) is 14.3 Å². The topological polar surface area (TPSA) is 35.5 Å². The van der Waals surface area contributed by atoms with Gasteiger partial charge in [0.05, 0.1) is 5.92 Å². The molecular formula is C13H28O3Si2. The molecule has 2 radical (unpaired) electrons. The van der Waals surface area contributed by atoms with Crippen LogP contribution in [0, 0.1) is 5.92 Å². The van der Waals surface area contributed by atoms with Gasteiger partial charge in [-0.2, -0.15) is 0 Å². The van der Waals surface area contributed by atoms with Crippen molar-refractivity contribution in [2.45, 2.75) is 71.8 Å². The van der Waals surface area contributed by atoms with Crippen molar-refractivity contribution >= 4 is 24.0 Å². The van der Waals surface area contributed by atoms with Gasteiger partial charge in [-0.15, -0.1) is 0 Å². The lowest BCUT2D eigenvalue weighted by Gasteiger charge is -2.29. The van der Waals surface area contributed by atoms with Crippen molar-refractivity contribution in [1.29, 1.82) is 0 Å². The van der Waals surface area contributed by atoms with Crippen molar-refractivity contribution in [3.8, 4) is 0 Å². The van der Waals surface area contributed by atoms with E-state index in [1.165, 1.54) is 0 Å². The van der Waals surface area contributed by atoms with Crippen molar-refractivity contribution in [1.82, 2.24) is 0 Å². The van der Waals surface area contributed by atoms with Gasteiger partial charge in [-0.25, -0.2) is 0 Å². The van der Waals surface area contributed by atoms with E-state index in [0.29, 0.717) is 15.3 Å². The number of hydrogen-bond acceptors (Lipinski definition) is 3. The van der Waals surface area contributed by atoms with Gasteiger partial charge in [-0.1, -0.05) is 27.2 Å². The van der Waals surface area contributed by atoms with Crippen LogP contribution in [0.2, 0.25) is 24.7 Å². The molecule has 0 N–H and O–H groups in total. The highest BCUT2D eigenvalue weighted by atomic mass is 28.4. The van der Waals surface area contributed by atoms with Gasteiger partial charge in [0, 0.05) is 6.10 Å². The second-order valence-corrected chi connectivity index (χ2v) is 11.1. The van der Waals surface area contributed by atoms with Crippen LogP contribution in [0.15, 0.2) is 0 Å². The van der Waals surface area contributed by atoms with Crippen LogP contribution in [-0.4, -0.2) is 30.2 Å². The van der Waals surface area contributed by atoms with E-state index >= 15 is 0 Å². The highest BCUT2D eigenvalue weighted by Gasteiger charge is 2.34. The number of carbonyl (C=O) groups excluding carboxylic acids is 1. The van der Waals surface area contributed by atoms with Gasteiger partial charge >= 0.3 is 0 Å². The molecule has 0 aliphatic rings. The van der Waals surface area contributed by atoms with Crippen LogP contribution in [0.3, 0.4) is 0 Å². The first-order valence-electron chi connectivity index (χ1n) is 6.82. The normalized spacial score (nSPS) is 15.6. The van der Waals surface area contributed by atoms with Crippen molar-refractivity contribution in [2.24, 2.45) is 5.92 Å². The summed E-state index contributed by atoms with van der Waals surface area (Å²) in [6.45, 7) is 14.5. The van der Waals surface area contributed by atoms with Crippen molar-refractivity contribution < 1.29 is 13.6 Å². The molecule has 0 heterocycles. The lowest BCUT2D eigenvalue weighted by atomic mass is 10.2. The van der Waals surface area contributed by atoms with Crippen LogP contribution in [0.5, 0.6) is 0 Å². The highest BCUT2D eigenvalue weighted by Crippen LogP contribution is 2.26. The summed E-state index contributed by atoms with van der Waals surface area (Å²) in [7, 11) is -1.50. The van der Waals surface area contributed by atoms with Crippen molar-refractivity contribution in [3.63, 3.8) is 0 Å². The molecule has 0 bridgehead atoms. The molecule has 0 aromatic rings. The SMILES string of the molecule is CCC(C)[Si](C)(C)OC(=O)C(C)C[Si]OC(C)C. The van der Waals surface area contributed by atoms with Gasteiger partial charge in [-0.3, -0.25) is 4.79 Å². The predicted molar refractivity (Wildman–Crippen MR) is 79.2 cm³/mol. The molecule has 0 saturated carbocycles. The summed E-state index contributed by atoms with van der Waals surface area (Å²) in [6.07, 6.45) is 1.30. The number of rotatable bonds is 8. The Morgan fingerprint density at radius 1 is 1.22 bits per heavy atom. The minimum Gasteiger partial charge on any atom is -0.519 e. The Morgan fingerprint density at radius 2 is 1.78 bits per heavy atom. The van der Waals surface area contributed by atoms with Crippen LogP contribution < -0.4 is 0 Å². The van der Waals surface area contributed by atoms with E-state index in [1.807, 2.05) is 20.8 Å². The quantitative estimate of drug-likeness (QED) is 0.640. The van der Waals surface area contributed by atoms with Crippen LogP contribution in [0.25, 0.3) is 0 Å². The standard InChI is InChI=1S/C13H28O3Si2/c1-8-12(5)18(6,7)16-13(14)11(4)9-17-15-10(2)3/h10-12H,8-9H2,1-7H3. The average molecular weight is 289 g/mol. The fraction of sp³-hybridized carbons (Fsp3) is 0.923. The maximum absolute atomic E-state index is 12.0. The minimum absolute atomic E-state index is 0.0492. The summed E-state index contributed by atoms with van der Waals surface area (Å²) in [4.78, 5) is 12.0. The van der Waals surface area contributed by atoms with E-state index in [0.717, 1.165) is 12.5 Å². The Labute approximate surface area is 116 Å². The first kappa shape index (κ1) is 17.9. The molecule has 2 unspecified atom stereocenters. The van der Waals surface area contributed by atoms with E-state index in [1.54, 1.807) is 0 Å². The molecule has 2 atom stereocenters. The first-order valence-corrected chi connectivity index (χ1v) is 10.9. The molecule has 0 rings (SSSR count). The number of carbonyl (C=O) groups is 1. The van der Waals surface area contributed by atoms with E-state index in [2.05, 4.69) is 26.9 Å². The molecule has 0 aliphatic heterocycles. The van der Waals surface area contributed by atoms with Crippen LogP contribution in [0.4, 0.5) is 0 Å². The molecule has 106 valence electrons. The Balaban J connectivity index is 4.15. The van der Waals surface area contributed by atoms with Crippen molar-refractivity contribution in [2.75, 3.05) is 0 Å². The lowest BCUT2D eigenvalue weighted by Crippen LogP contribution is -2.39. The molecule has 0 spiro atoms. The van der Waals surface area contributed by atoms with Crippen molar-refractivity contribution in [3.05, 3.63) is 0 Å². The monoisotopic (exact) mass is 288 g/mol. The largest absolute Gasteiger partial charge is 0.519 e. The summed E-state index contributed by atoms with van der Waals surface area (Å²) >= 11 is 0. The van der Waals surface area contributed by atoms with E-state index in [9.17, 15) is 4.79 Å².